The highest BCUT2D eigenvalue weighted by Crippen LogP contribution is 2.16. The van der Waals surface area contributed by atoms with Gasteiger partial charge in [-0.3, -0.25) is 9.89 Å². The van der Waals surface area contributed by atoms with E-state index in [9.17, 15) is 8.42 Å². The van der Waals surface area contributed by atoms with Crippen LogP contribution in [0.4, 0.5) is 0 Å². The number of guanidine groups is 1. The fraction of sp³-hybridized carbons (Fsp3) is 0.611. The number of nitrogens with zero attached hydrogens (tertiary/aromatic N) is 2. The molecule has 146 valence electrons. The average molecular weight is 445 g/mol. The van der Waals surface area contributed by atoms with Gasteiger partial charge in [-0.15, -0.1) is 0 Å². The molecule has 8 heteroatoms. The van der Waals surface area contributed by atoms with Crippen LogP contribution in [0.15, 0.2) is 33.7 Å². The number of likely N-dealkylation sites (tertiary alicyclic amines) is 1. The smallest absolute Gasteiger partial charge is 0.191 e. The molecular formula is C18H29BrN4O2S. The second kappa shape index (κ2) is 10.3. The summed E-state index contributed by atoms with van der Waals surface area (Å²) in [6.45, 7) is 3.70. The summed E-state index contributed by atoms with van der Waals surface area (Å²) in [5.41, 5.74) is 1.34. The van der Waals surface area contributed by atoms with Crippen LogP contribution >= 0.6 is 15.9 Å². The number of nitrogens with one attached hydrogen (secondary N) is 2. The molecule has 1 aliphatic rings. The van der Waals surface area contributed by atoms with E-state index in [4.69, 9.17) is 0 Å². The molecule has 1 saturated heterocycles. The Morgan fingerprint density at radius 1 is 1.27 bits per heavy atom. The summed E-state index contributed by atoms with van der Waals surface area (Å²) in [7, 11) is -1.15. The summed E-state index contributed by atoms with van der Waals surface area (Å²) >= 11 is 3.47. The molecule has 0 amide bonds. The van der Waals surface area contributed by atoms with E-state index in [1.54, 1.807) is 7.05 Å². The normalized spacial score (nSPS) is 17.3. The van der Waals surface area contributed by atoms with Crippen molar-refractivity contribution in [1.82, 2.24) is 15.5 Å². The first-order valence-corrected chi connectivity index (χ1v) is 11.8. The molecule has 1 aliphatic heterocycles. The number of sulfone groups is 1. The average Bonchev–Trinajstić information content (AvgIpc) is 2.60. The maximum atomic E-state index is 11.2. The molecule has 0 spiro atoms. The topological polar surface area (TPSA) is 73.8 Å². The third kappa shape index (κ3) is 8.05. The number of hydrogen-bond acceptors (Lipinski definition) is 4. The standard InChI is InChI=1S/C18H29BrN4O2S/c1-20-18(21-10-3-13-26(2,24)25)22-17-8-11-23(12-9-17)14-15-4-6-16(19)7-5-15/h4-7,17H,3,8-14H2,1-2H3,(H2,20,21,22). The lowest BCUT2D eigenvalue weighted by Gasteiger charge is -2.33. The van der Waals surface area contributed by atoms with Gasteiger partial charge in [0.1, 0.15) is 9.84 Å². The van der Waals surface area contributed by atoms with Crippen LogP contribution in [-0.4, -0.2) is 64.0 Å². The molecule has 0 atom stereocenters. The highest BCUT2D eigenvalue weighted by molar-refractivity contribution is 9.10. The first kappa shape index (κ1) is 21.2. The van der Waals surface area contributed by atoms with Crippen molar-refractivity contribution in [1.29, 1.82) is 0 Å². The Morgan fingerprint density at radius 3 is 2.50 bits per heavy atom. The molecule has 1 aromatic rings. The van der Waals surface area contributed by atoms with E-state index in [2.05, 4.69) is 60.7 Å². The number of piperidine rings is 1. The van der Waals surface area contributed by atoms with E-state index in [1.165, 1.54) is 11.8 Å². The van der Waals surface area contributed by atoms with Gasteiger partial charge < -0.3 is 10.6 Å². The van der Waals surface area contributed by atoms with Crippen molar-refractivity contribution in [3.63, 3.8) is 0 Å². The molecule has 2 rings (SSSR count). The fourth-order valence-corrected chi connectivity index (χ4v) is 3.95. The van der Waals surface area contributed by atoms with Gasteiger partial charge >= 0.3 is 0 Å². The first-order valence-electron chi connectivity index (χ1n) is 8.97. The molecule has 2 N–H and O–H groups in total. The molecule has 26 heavy (non-hydrogen) atoms. The van der Waals surface area contributed by atoms with Crippen molar-refractivity contribution >= 4 is 31.7 Å². The summed E-state index contributed by atoms with van der Waals surface area (Å²) < 4.78 is 23.4. The zero-order valence-corrected chi connectivity index (χ0v) is 17.9. The lowest BCUT2D eigenvalue weighted by atomic mass is 10.0. The molecule has 1 aromatic carbocycles. The third-order valence-electron chi connectivity index (χ3n) is 4.46. The molecule has 0 aliphatic carbocycles. The Morgan fingerprint density at radius 2 is 1.92 bits per heavy atom. The van der Waals surface area contributed by atoms with Crippen LogP contribution in [0, 0.1) is 0 Å². The number of benzene rings is 1. The predicted molar refractivity (Wildman–Crippen MR) is 111 cm³/mol. The second-order valence-electron chi connectivity index (χ2n) is 6.80. The van der Waals surface area contributed by atoms with Crippen LogP contribution in [0.1, 0.15) is 24.8 Å². The number of hydrogen-bond donors (Lipinski definition) is 2. The van der Waals surface area contributed by atoms with Crippen LogP contribution in [0.3, 0.4) is 0 Å². The largest absolute Gasteiger partial charge is 0.356 e. The summed E-state index contributed by atoms with van der Waals surface area (Å²) in [5, 5.41) is 6.65. The van der Waals surface area contributed by atoms with E-state index < -0.39 is 9.84 Å². The van der Waals surface area contributed by atoms with Crippen LogP contribution in [-0.2, 0) is 16.4 Å². The lowest BCUT2D eigenvalue weighted by Crippen LogP contribution is -2.48. The van der Waals surface area contributed by atoms with Gasteiger partial charge in [0.25, 0.3) is 0 Å². The maximum Gasteiger partial charge on any atom is 0.191 e. The van der Waals surface area contributed by atoms with Gasteiger partial charge in [0.15, 0.2) is 5.96 Å². The summed E-state index contributed by atoms with van der Waals surface area (Å²) in [6.07, 6.45) is 3.99. The number of halogens is 1. The van der Waals surface area contributed by atoms with Gasteiger partial charge in [0, 0.05) is 50.0 Å². The summed E-state index contributed by atoms with van der Waals surface area (Å²) in [6, 6.07) is 8.90. The molecule has 1 fully saturated rings. The van der Waals surface area contributed by atoms with Gasteiger partial charge in [0.05, 0.1) is 5.75 Å². The number of aliphatic imine (C=N–C) groups is 1. The van der Waals surface area contributed by atoms with Crippen LogP contribution in [0.25, 0.3) is 0 Å². The molecule has 0 aromatic heterocycles. The Kier molecular flexibility index (Phi) is 8.37. The van der Waals surface area contributed by atoms with Gasteiger partial charge in [-0.2, -0.15) is 0 Å². The minimum atomic E-state index is -2.90. The minimum absolute atomic E-state index is 0.200. The van der Waals surface area contributed by atoms with Gasteiger partial charge in [-0.1, -0.05) is 28.1 Å². The van der Waals surface area contributed by atoms with E-state index in [0.717, 1.165) is 42.9 Å². The van der Waals surface area contributed by atoms with E-state index >= 15 is 0 Å². The lowest BCUT2D eigenvalue weighted by molar-refractivity contribution is 0.198. The van der Waals surface area contributed by atoms with Crippen LogP contribution in [0.2, 0.25) is 0 Å². The van der Waals surface area contributed by atoms with Crippen LogP contribution < -0.4 is 10.6 Å². The van der Waals surface area contributed by atoms with Crippen molar-refractivity contribution in [3.8, 4) is 0 Å². The van der Waals surface area contributed by atoms with E-state index in [-0.39, 0.29) is 5.75 Å². The van der Waals surface area contributed by atoms with E-state index in [0.29, 0.717) is 19.0 Å². The first-order chi connectivity index (χ1) is 12.4. The quantitative estimate of drug-likeness (QED) is 0.382. The zero-order chi connectivity index (χ0) is 19.0. The highest BCUT2D eigenvalue weighted by Gasteiger charge is 2.20. The van der Waals surface area contributed by atoms with Crippen LogP contribution in [0.5, 0.6) is 0 Å². The van der Waals surface area contributed by atoms with Gasteiger partial charge in [0.2, 0.25) is 0 Å². The van der Waals surface area contributed by atoms with Crippen molar-refractivity contribution in [2.75, 3.05) is 38.7 Å². The predicted octanol–water partition coefficient (Wildman–Crippen LogP) is 2.01. The third-order valence-corrected chi connectivity index (χ3v) is 6.01. The van der Waals surface area contributed by atoms with Crippen molar-refractivity contribution in [2.24, 2.45) is 4.99 Å². The molecular weight excluding hydrogens is 416 g/mol. The second-order valence-corrected chi connectivity index (χ2v) is 9.98. The molecule has 6 nitrogen and oxygen atoms in total. The molecule has 0 unspecified atom stereocenters. The van der Waals surface area contributed by atoms with Gasteiger partial charge in [-0.25, -0.2) is 8.42 Å². The number of rotatable bonds is 7. The van der Waals surface area contributed by atoms with Crippen molar-refractivity contribution < 1.29 is 8.42 Å². The molecule has 0 radical (unpaired) electrons. The highest BCUT2D eigenvalue weighted by atomic mass is 79.9. The van der Waals surface area contributed by atoms with Gasteiger partial charge in [-0.05, 0) is 37.0 Å². The van der Waals surface area contributed by atoms with Crippen molar-refractivity contribution in [3.05, 3.63) is 34.3 Å². The Bertz CT molecular complexity index is 684. The van der Waals surface area contributed by atoms with E-state index in [1.807, 2.05) is 0 Å². The zero-order valence-electron chi connectivity index (χ0n) is 15.5. The maximum absolute atomic E-state index is 11.2. The molecule has 0 saturated carbocycles. The molecule has 1 heterocycles. The SMILES string of the molecule is CN=C(NCCCS(C)(=O)=O)NC1CCN(Cc2ccc(Br)cc2)CC1. The monoisotopic (exact) mass is 444 g/mol. The molecule has 0 bridgehead atoms. The minimum Gasteiger partial charge on any atom is -0.356 e. The summed E-state index contributed by atoms with van der Waals surface area (Å²) in [5.74, 6) is 0.954. The van der Waals surface area contributed by atoms with Crippen molar-refractivity contribution in [2.45, 2.75) is 31.8 Å². The Labute approximate surface area is 165 Å². The fourth-order valence-electron chi connectivity index (χ4n) is 3.01. The Balaban J connectivity index is 1.68. The Hall–Kier alpha value is -1.12. The summed E-state index contributed by atoms with van der Waals surface area (Å²) in [4.78, 5) is 6.71.